The number of aryl methyl sites for hydroxylation is 1. The Morgan fingerprint density at radius 1 is 1.14 bits per heavy atom. The highest BCUT2D eigenvalue weighted by atomic mass is 16.6. The number of carbonyl (C=O) groups excluding carboxylic acids is 1. The number of esters is 1. The summed E-state index contributed by atoms with van der Waals surface area (Å²) in [6.45, 7) is 5.40. The number of benzene rings is 2. The fourth-order valence-electron chi connectivity index (χ4n) is 2.90. The topological polar surface area (TPSA) is 35.5 Å². The smallest absolute Gasteiger partial charge is 0.303 e. The molecule has 1 aliphatic heterocycles. The van der Waals surface area contributed by atoms with Crippen LogP contribution in [0.4, 0.5) is 0 Å². The Morgan fingerprint density at radius 3 is 2.52 bits per heavy atom. The van der Waals surface area contributed by atoms with E-state index in [1.807, 2.05) is 62.4 Å². The van der Waals surface area contributed by atoms with Crippen molar-refractivity contribution in [3.8, 4) is 5.75 Å². The predicted octanol–water partition coefficient (Wildman–Crippen LogP) is 3.91. The van der Waals surface area contributed by atoms with E-state index in [9.17, 15) is 4.79 Å². The zero-order valence-corrected chi connectivity index (χ0v) is 12.4. The molecule has 0 fully saturated rings. The molecule has 0 aliphatic carbocycles. The van der Waals surface area contributed by atoms with Crippen LogP contribution in [0.5, 0.6) is 5.75 Å². The second-order valence-corrected chi connectivity index (χ2v) is 5.56. The van der Waals surface area contributed by atoms with Crippen molar-refractivity contribution in [1.29, 1.82) is 0 Å². The van der Waals surface area contributed by atoms with Gasteiger partial charge < -0.3 is 9.47 Å². The molecule has 0 unspecified atom stereocenters. The molecule has 1 heterocycles. The van der Waals surface area contributed by atoms with Crippen LogP contribution in [0.25, 0.3) is 0 Å². The number of rotatable bonds is 2. The van der Waals surface area contributed by atoms with Crippen molar-refractivity contribution in [2.24, 2.45) is 0 Å². The van der Waals surface area contributed by atoms with Crippen molar-refractivity contribution in [3.63, 3.8) is 0 Å². The van der Waals surface area contributed by atoms with Crippen molar-refractivity contribution in [2.45, 2.75) is 32.5 Å². The predicted molar refractivity (Wildman–Crippen MR) is 80.1 cm³/mol. The molecule has 0 amide bonds. The first-order valence-electron chi connectivity index (χ1n) is 7.03. The molecule has 3 nitrogen and oxygen atoms in total. The fourth-order valence-corrected chi connectivity index (χ4v) is 2.90. The third-order valence-corrected chi connectivity index (χ3v) is 3.97. The van der Waals surface area contributed by atoms with Gasteiger partial charge in [0, 0.05) is 12.5 Å². The first-order valence-corrected chi connectivity index (χ1v) is 7.03. The highest BCUT2D eigenvalue weighted by Crippen LogP contribution is 2.51. The van der Waals surface area contributed by atoms with E-state index in [-0.39, 0.29) is 5.97 Å². The second kappa shape index (κ2) is 4.92. The van der Waals surface area contributed by atoms with Crippen molar-refractivity contribution < 1.29 is 14.3 Å². The minimum atomic E-state index is -0.707. The minimum absolute atomic E-state index is 0.305. The average molecular weight is 282 g/mol. The normalized spacial score (nSPS) is 23.3. The summed E-state index contributed by atoms with van der Waals surface area (Å²) in [7, 11) is 0. The van der Waals surface area contributed by atoms with Gasteiger partial charge in [0.05, 0.1) is 0 Å². The summed E-state index contributed by atoms with van der Waals surface area (Å²) in [6, 6.07) is 15.8. The minimum Gasteiger partial charge on any atom is -0.478 e. The Labute approximate surface area is 124 Å². The van der Waals surface area contributed by atoms with Crippen molar-refractivity contribution in [2.75, 3.05) is 0 Å². The summed E-state index contributed by atoms with van der Waals surface area (Å²) in [5.41, 5.74) is 2.26. The van der Waals surface area contributed by atoms with Crippen LogP contribution in [0.2, 0.25) is 0 Å². The van der Waals surface area contributed by atoms with Gasteiger partial charge in [-0.05, 0) is 25.0 Å². The third kappa shape index (κ3) is 2.19. The standard InChI is InChI=1S/C18H18O3/c1-12-8-7-11-15-16(12)21-18(3,17(15)20-13(2)19)14-9-5-4-6-10-14/h4-11,17H,1-3H3/t17-,18+/m0/s1. The molecule has 0 bridgehead atoms. The number of carbonyl (C=O) groups is 1. The van der Waals surface area contributed by atoms with E-state index < -0.39 is 11.7 Å². The maximum absolute atomic E-state index is 11.5. The molecule has 0 radical (unpaired) electrons. The molecule has 0 saturated heterocycles. The van der Waals surface area contributed by atoms with Gasteiger partial charge in [0.15, 0.2) is 11.7 Å². The highest BCUT2D eigenvalue weighted by molar-refractivity contribution is 5.67. The summed E-state index contributed by atoms with van der Waals surface area (Å²) >= 11 is 0. The van der Waals surface area contributed by atoms with Gasteiger partial charge in [-0.3, -0.25) is 4.79 Å². The molecular formula is C18H18O3. The van der Waals surface area contributed by atoms with Crippen LogP contribution in [-0.4, -0.2) is 5.97 Å². The van der Waals surface area contributed by atoms with Gasteiger partial charge in [-0.25, -0.2) is 0 Å². The van der Waals surface area contributed by atoms with Gasteiger partial charge in [-0.1, -0.05) is 48.5 Å². The first kappa shape index (κ1) is 13.7. The van der Waals surface area contributed by atoms with Crippen molar-refractivity contribution in [3.05, 3.63) is 65.2 Å². The number of hydrogen-bond acceptors (Lipinski definition) is 3. The monoisotopic (exact) mass is 282 g/mol. The second-order valence-electron chi connectivity index (χ2n) is 5.56. The van der Waals surface area contributed by atoms with E-state index in [2.05, 4.69) is 0 Å². The van der Waals surface area contributed by atoms with E-state index in [1.54, 1.807) is 0 Å². The third-order valence-electron chi connectivity index (χ3n) is 3.97. The van der Waals surface area contributed by atoms with Gasteiger partial charge in [0.1, 0.15) is 5.75 Å². The Bertz CT molecular complexity index is 678. The van der Waals surface area contributed by atoms with Crippen LogP contribution in [-0.2, 0) is 15.1 Å². The van der Waals surface area contributed by atoms with Gasteiger partial charge in [-0.2, -0.15) is 0 Å². The lowest BCUT2D eigenvalue weighted by Crippen LogP contribution is -2.33. The number of hydrogen-bond donors (Lipinski definition) is 0. The fraction of sp³-hybridized carbons (Fsp3) is 0.278. The highest BCUT2D eigenvalue weighted by Gasteiger charge is 2.49. The van der Waals surface area contributed by atoms with E-state index in [4.69, 9.17) is 9.47 Å². The number of ether oxygens (including phenoxy) is 2. The van der Waals surface area contributed by atoms with Crippen LogP contribution in [0.15, 0.2) is 48.5 Å². The summed E-state index contributed by atoms with van der Waals surface area (Å²) in [5.74, 6) is 0.509. The largest absolute Gasteiger partial charge is 0.478 e. The van der Waals surface area contributed by atoms with Crippen molar-refractivity contribution in [1.82, 2.24) is 0 Å². The van der Waals surface area contributed by atoms with Crippen LogP contribution < -0.4 is 4.74 Å². The van der Waals surface area contributed by atoms with Gasteiger partial charge in [-0.15, -0.1) is 0 Å². The molecule has 2 aromatic carbocycles. The molecule has 0 saturated carbocycles. The molecular weight excluding hydrogens is 264 g/mol. The lowest BCUT2D eigenvalue weighted by molar-refractivity contribution is -0.156. The Kier molecular flexibility index (Phi) is 3.20. The SMILES string of the molecule is CC(=O)O[C@H]1c2cccc(C)c2O[C@]1(C)c1ccccc1. The molecule has 3 rings (SSSR count). The Morgan fingerprint density at radius 2 is 1.86 bits per heavy atom. The quantitative estimate of drug-likeness (QED) is 0.783. The molecule has 0 N–H and O–H groups in total. The van der Waals surface area contributed by atoms with E-state index in [1.165, 1.54) is 6.92 Å². The summed E-state index contributed by atoms with van der Waals surface area (Å²) in [6.07, 6.45) is -0.438. The Balaban J connectivity index is 2.14. The van der Waals surface area contributed by atoms with E-state index >= 15 is 0 Å². The first-order chi connectivity index (χ1) is 10.0. The Hall–Kier alpha value is -2.29. The molecule has 2 aromatic rings. The molecule has 2 atom stereocenters. The summed E-state index contributed by atoms with van der Waals surface area (Å²) < 4.78 is 11.8. The van der Waals surface area contributed by atoms with Gasteiger partial charge in [0.2, 0.25) is 0 Å². The maximum Gasteiger partial charge on any atom is 0.303 e. The zero-order valence-electron chi connectivity index (χ0n) is 12.4. The molecule has 21 heavy (non-hydrogen) atoms. The lowest BCUT2D eigenvalue weighted by atomic mass is 9.88. The summed E-state index contributed by atoms with van der Waals surface area (Å²) in [4.78, 5) is 11.5. The van der Waals surface area contributed by atoms with E-state index in [0.717, 1.165) is 22.4 Å². The summed E-state index contributed by atoms with van der Waals surface area (Å²) in [5, 5.41) is 0. The average Bonchev–Trinajstić information content (AvgIpc) is 2.75. The number of fused-ring (bicyclic) bond motifs is 1. The zero-order chi connectivity index (χ0) is 15.0. The van der Waals surface area contributed by atoms with Crippen LogP contribution in [0.1, 0.15) is 36.6 Å². The maximum atomic E-state index is 11.5. The molecule has 3 heteroatoms. The molecule has 1 aliphatic rings. The van der Waals surface area contributed by atoms with Crippen molar-refractivity contribution >= 4 is 5.97 Å². The van der Waals surface area contributed by atoms with Crippen LogP contribution in [0.3, 0.4) is 0 Å². The van der Waals surface area contributed by atoms with Gasteiger partial charge >= 0.3 is 5.97 Å². The van der Waals surface area contributed by atoms with Crippen LogP contribution >= 0.6 is 0 Å². The lowest BCUT2D eigenvalue weighted by Gasteiger charge is -2.30. The van der Waals surface area contributed by atoms with E-state index in [0.29, 0.717) is 0 Å². The molecule has 0 spiro atoms. The molecule has 0 aromatic heterocycles. The van der Waals surface area contributed by atoms with Crippen LogP contribution in [0, 0.1) is 6.92 Å². The van der Waals surface area contributed by atoms with Gasteiger partial charge in [0.25, 0.3) is 0 Å². The number of para-hydroxylation sites is 1. The molecule has 108 valence electrons.